The fraction of sp³-hybridized carbons (Fsp3) is 0.520. The van der Waals surface area contributed by atoms with E-state index in [0.29, 0.717) is 37.5 Å². The topological polar surface area (TPSA) is 107 Å². The number of carbonyl (C=O) groups excluding carboxylic acids is 1. The Hall–Kier alpha value is -3.25. The van der Waals surface area contributed by atoms with Crippen molar-refractivity contribution in [2.45, 2.75) is 51.1 Å². The van der Waals surface area contributed by atoms with Crippen LogP contribution in [0.4, 0.5) is 10.1 Å². The van der Waals surface area contributed by atoms with Crippen molar-refractivity contribution in [3.8, 4) is 6.07 Å². The molecular weight excluding hydrogens is 439 g/mol. The lowest BCUT2D eigenvalue weighted by atomic mass is 9.92. The number of pyridine rings is 1. The maximum atomic E-state index is 15.6. The summed E-state index contributed by atoms with van der Waals surface area (Å²) in [5.74, 6) is -1.59. The molecule has 1 aromatic heterocycles. The summed E-state index contributed by atoms with van der Waals surface area (Å²) in [6, 6.07) is 3.42. The molecule has 0 bridgehead atoms. The number of rotatable bonds is 6. The van der Waals surface area contributed by atoms with Gasteiger partial charge in [-0.25, -0.2) is 9.18 Å². The second-order valence-electron chi connectivity index (χ2n) is 9.77. The van der Waals surface area contributed by atoms with E-state index in [2.05, 4.69) is 11.0 Å². The lowest BCUT2D eigenvalue weighted by Gasteiger charge is -2.36. The molecule has 2 aromatic rings. The van der Waals surface area contributed by atoms with Gasteiger partial charge < -0.3 is 14.6 Å². The zero-order chi connectivity index (χ0) is 24.1. The van der Waals surface area contributed by atoms with E-state index in [9.17, 15) is 24.8 Å². The summed E-state index contributed by atoms with van der Waals surface area (Å²) in [6.45, 7) is 4.29. The summed E-state index contributed by atoms with van der Waals surface area (Å²) in [6.07, 6.45) is 5.43. The number of hydrogen-bond acceptors (Lipinski definition) is 6. The predicted octanol–water partition coefficient (Wildman–Crippen LogP) is 2.93. The smallest absolute Gasteiger partial charge is 0.341 e. The Balaban J connectivity index is 1.60. The second-order valence-corrected chi connectivity index (χ2v) is 9.77. The Labute approximate surface area is 196 Å². The number of piperidine rings is 1. The first-order valence-electron chi connectivity index (χ1n) is 11.8. The molecule has 8 nitrogen and oxygen atoms in total. The van der Waals surface area contributed by atoms with Gasteiger partial charge in [-0.1, -0.05) is 0 Å². The molecule has 1 aliphatic carbocycles. The van der Waals surface area contributed by atoms with Gasteiger partial charge in [-0.05, 0) is 51.1 Å². The number of anilines is 1. The summed E-state index contributed by atoms with van der Waals surface area (Å²) < 4.78 is 17.2. The number of ketones is 1. The maximum Gasteiger partial charge on any atom is 0.341 e. The first-order valence-corrected chi connectivity index (χ1v) is 11.8. The van der Waals surface area contributed by atoms with Gasteiger partial charge in [0.2, 0.25) is 5.43 Å². The summed E-state index contributed by atoms with van der Waals surface area (Å²) in [5.41, 5.74) is -0.590. The van der Waals surface area contributed by atoms with Crippen LogP contribution in [0, 0.1) is 23.1 Å². The lowest BCUT2D eigenvalue weighted by Crippen LogP contribution is -2.45. The fourth-order valence-corrected chi connectivity index (χ4v) is 5.72. The van der Waals surface area contributed by atoms with Crippen molar-refractivity contribution in [2.24, 2.45) is 5.92 Å². The van der Waals surface area contributed by atoms with Gasteiger partial charge in [0.15, 0.2) is 0 Å². The van der Waals surface area contributed by atoms with Crippen molar-refractivity contribution in [1.29, 1.82) is 5.26 Å². The molecule has 3 heterocycles. The van der Waals surface area contributed by atoms with Crippen LogP contribution in [-0.2, 0) is 4.79 Å². The number of hydrogen-bond donors (Lipinski definition) is 1. The first kappa shape index (κ1) is 22.5. The SMILES string of the molecule is CC(=O)CCN1CCCC2CN(c3c(F)cc4c(=O)c(C(=O)O)cn(C5CC5)c4c3C#N)CC21. The van der Waals surface area contributed by atoms with Gasteiger partial charge in [0.05, 0.1) is 16.6 Å². The summed E-state index contributed by atoms with van der Waals surface area (Å²) >= 11 is 0. The van der Waals surface area contributed by atoms with Crippen LogP contribution in [0.3, 0.4) is 0 Å². The number of benzene rings is 1. The number of carboxylic acid groups (broad SMARTS) is 1. The van der Waals surface area contributed by atoms with Crippen LogP contribution in [0.5, 0.6) is 0 Å². The van der Waals surface area contributed by atoms with Crippen molar-refractivity contribution < 1.29 is 19.1 Å². The predicted molar refractivity (Wildman–Crippen MR) is 124 cm³/mol. The van der Waals surface area contributed by atoms with E-state index in [1.165, 1.54) is 6.20 Å². The molecule has 0 spiro atoms. The summed E-state index contributed by atoms with van der Waals surface area (Å²) in [4.78, 5) is 40.2. The maximum absolute atomic E-state index is 15.6. The molecule has 178 valence electrons. The minimum Gasteiger partial charge on any atom is -0.477 e. The van der Waals surface area contributed by atoms with E-state index in [4.69, 9.17) is 0 Å². The minimum atomic E-state index is -1.36. The van der Waals surface area contributed by atoms with Gasteiger partial charge in [-0.2, -0.15) is 5.26 Å². The molecule has 0 amide bonds. The molecule has 34 heavy (non-hydrogen) atoms. The average molecular weight is 467 g/mol. The van der Waals surface area contributed by atoms with Crippen molar-refractivity contribution in [1.82, 2.24) is 9.47 Å². The van der Waals surface area contributed by atoms with Gasteiger partial charge in [0.25, 0.3) is 0 Å². The highest BCUT2D eigenvalue weighted by molar-refractivity contribution is 5.96. The van der Waals surface area contributed by atoms with E-state index in [-0.39, 0.29) is 34.5 Å². The van der Waals surface area contributed by atoms with E-state index < -0.39 is 22.8 Å². The Morgan fingerprint density at radius 1 is 1.26 bits per heavy atom. The summed E-state index contributed by atoms with van der Waals surface area (Å²) in [7, 11) is 0. The zero-order valence-electron chi connectivity index (χ0n) is 19.1. The normalized spacial score (nSPS) is 22.6. The van der Waals surface area contributed by atoms with Crippen molar-refractivity contribution in [2.75, 3.05) is 31.1 Å². The molecule has 0 radical (unpaired) electrons. The number of Topliss-reactive ketones (excluding diaryl/α,β-unsaturated/α-hetero) is 1. The third kappa shape index (κ3) is 3.76. The Morgan fingerprint density at radius 2 is 2.03 bits per heavy atom. The summed E-state index contributed by atoms with van der Waals surface area (Å²) in [5, 5.41) is 19.6. The van der Waals surface area contributed by atoms with Crippen molar-refractivity contribution >= 4 is 28.3 Å². The van der Waals surface area contributed by atoms with E-state index >= 15 is 4.39 Å². The minimum absolute atomic E-state index is 0.00478. The molecule has 2 unspecified atom stereocenters. The molecule has 2 aliphatic heterocycles. The van der Waals surface area contributed by atoms with Crippen molar-refractivity contribution in [3.05, 3.63) is 39.4 Å². The molecule has 1 N–H and O–H groups in total. The number of fused-ring (bicyclic) bond motifs is 2. The third-order valence-corrected chi connectivity index (χ3v) is 7.49. The van der Waals surface area contributed by atoms with Crippen LogP contribution in [0.2, 0.25) is 0 Å². The van der Waals surface area contributed by atoms with Crippen molar-refractivity contribution in [3.63, 3.8) is 0 Å². The van der Waals surface area contributed by atoms with Crippen LogP contribution in [0.15, 0.2) is 17.1 Å². The highest BCUT2D eigenvalue weighted by Crippen LogP contribution is 2.42. The molecule has 3 aliphatic rings. The molecule has 2 atom stereocenters. The first-order chi connectivity index (χ1) is 16.3. The largest absolute Gasteiger partial charge is 0.477 e. The molecule has 2 saturated heterocycles. The molecule has 3 fully saturated rings. The number of nitriles is 1. The van der Waals surface area contributed by atoms with Gasteiger partial charge in [-0.15, -0.1) is 0 Å². The monoisotopic (exact) mass is 466 g/mol. The van der Waals surface area contributed by atoms with Gasteiger partial charge in [0, 0.05) is 44.3 Å². The number of aromatic carboxylic acids is 1. The fourth-order valence-electron chi connectivity index (χ4n) is 5.72. The average Bonchev–Trinajstić information content (AvgIpc) is 3.55. The highest BCUT2D eigenvalue weighted by Gasteiger charge is 2.41. The highest BCUT2D eigenvalue weighted by atomic mass is 19.1. The Morgan fingerprint density at radius 3 is 2.68 bits per heavy atom. The molecule has 5 rings (SSSR count). The van der Waals surface area contributed by atoms with Crippen LogP contribution in [0.25, 0.3) is 10.9 Å². The lowest BCUT2D eigenvalue weighted by molar-refractivity contribution is -0.117. The number of likely N-dealkylation sites (tertiary alicyclic amines) is 1. The van der Waals surface area contributed by atoms with Gasteiger partial charge in [-0.3, -0.25) is 14.5 Å². The number of halogens is 1. The van der Waals surface area contributed by atoms with Crippen LogP contribution >= 0.6 is 0 Å². The molecule has 1 aromatic carbocycles. The molecular formula is C25H27FN4O4. The Bertz CT molecular complexity index is 1290. The van der Waals surface area contributed by atoms with E-state index in [1.54, 1.807) is 11.5 Å². The Kier molecular flexibility index (Phi) is 5.64. The number of carboxylic acids is 1. The zero-order valence-corrected chi connectivity index (χ0v) is 19.1. The van der Waals surface area contributed by atoms with Gasteiger partial charge >= 0.3 is 5.97 Å². The van der Waals surface area contributed by atoms with Gasteiger partial charge in [0.1, 0.15) is 28.8 Å². The molecule has 9 heteroatoms. The van der Waals surface area contributed by atoms with Crippen LogP contribution < -0.4 is 10.3 Å². The third-order valence-electron chi connectivity index (χ3n) is 7.49. The van der Waals surface area contributed by atoms with E-state index in [1.807, 2.05) is 4.90 Å². The quantitative estimate of drug-likeness (QED) is 0.698. The van der Waals surface area contributed by atoms with Crippen LogP contribution in [-0.4, -0.2) is 58.5 Å². The number of aromatic nitrogens is 1. The van der Waals surface area contributed by atoms with Crippen LogP contribution in [0.1, 0.15) is 61.0 Å². The number of carbonyl (C=O) groups is 2. The molecule has 1 saturated carbocycles. The second kappa shape index (κ2) is 8.51. The van der Waals surface area contributed by atoms with E-state index in [0.717, 1.165) is 38.3 Å². The number of nitrogens with zero attached hydrogens (tertiary/aromatic N) is 4. The standard InChI is InChI=1S/C25H27FN4O4/c1-14(31)6-8-28-7-2-3-15-11-29(13-21(15)28)23-18(10-27)22-17(9-20(23)26)24(32)19(25(33)34)12-30(22)16-4-5-16/h9,12,15-16,21H,2-8,11,13H2,1H3,(H,33,34).